The van der Waals surface area contributed by atoms with Gasteiger partial charge in [-0.05, 0) is 49.4 Å². The van der Waals surface area contributed by atoms with E-state index in [1.54, 1.807) is 0 Å². The molecule has 3 aromatic rings. The van der Waals surface area contributed by atoms with E-state index in [0.717, 1.165) is 12.0 Å². The molecule has 0 radical (unpaired) electrons. The van der Waals surface area contributed by atoms with Crippen LogP contribution in [0.2, 0.25) is 0 Å². The number of carbonyl (C=O) groups excluding carboxylic acids is 2. The van der Waals surface area contributed by atoms with E-state index in [4.69, 9.17) is 0 Å². The lowest BCUT2D eigenvalue weighted by molar-refractivity contribution is 0.0984. The third kappa shape index (κ3) is 6.10. The van der Waals surface area contributed by atoms with Crippen molar-refractivity contribution in [2.24, 2.45) is 0 Å². The lowest BCUT2D eigenvalue weighted by Gasteiger charge is -2.04. The van der Waals surface area contributed by atoms with Crippen molar-refractivity contribution in [2.75, 3.05) is 5.32 Å². The molecule has 0 bridgehead atoms. The molecule has 2 aromatic carbocycles. The molecule has 1 aromatic heterocycles. The van der Waals surface area contributed by atoms with Crippen LogP contribution in [-0.4, -0.2) is 16.7 Å². The number of aromatic nitrogens is 1. The minimum atomic E-state index is -0.202. The van der Waals surface area contributed by atoms with Crippen molar-refractivity contribution in [1.82, 2.24) is 4.98 Å². The van der Waals surface area contributed by atoms with Gasteiger partial charge in [0, 0.05) is 12.0 Å². The number of rotatable bonds is 10. The molecule has 0 saturated carbocycles. The predicted molar refractivity (Wildman–Crippen MR) is 124 cm³/mol. The standard InChI is InChI=1S/C25H28N2O2S/c1-3-4-6-9-20-12-15-21(16-13-20)24(29)27-25-26-18(2)23(30-25)22(28)17-14-19-10-7-5-8-11-19/h5,7-8,10-13,15-16H,3-4,6,9,14,17H2,1-2H3,(H,26,27,29). The van der Waals surface area contributed by atoms with Crippen molar-refractivity contribution in [3.63, 3.8) is 0 Å². The molecule has 0 unspecified atom stereocenters. The monoisotopic (exact) mass is 420 g/mol. The normalized spacial score (nSPS) is 10.7. The summed E-state index contributed by atoms with van der Waals surface area (Å²) in [5.41, 5.74) is 3.65. The Balaban J connectivity index is 1.58. The smallest absolute Gasteiger partial charge is 0.257 e. The first-order valence-electron chi connectivity index (χ1n) is 10.5. The number of unbranched alkanes of at least 4 members (excludes halogenated alkanes) is 2. The van der Waals surface area contributed by atoms with Gasteiger partial charge in [-0.2, -0.15) is 0 Å². The Morgan fingerprint density at radius 2 is 1.63 bits per heavy atom. The largest absolute Gasteiger partial charge is 0.298 e. The van der Waals surface area contributed by atoms with Crippen molar-refractivity contribution < 1.29 is 9.59 Å². The highest BCUT2D eigenvalue weighted by atomic mass is 32.1. The van der Waals surface area contributed by atoms with Crippen LogP contribution in [0.1, 0.15) is 69.5 Å². The van der Waals surface area contributed by atoms with Crippen molar-refractivity contribution in [3.05, 3.63) is 81.9 Å². The number of ketones is 1. The fourth-order valence-electron chi connectivity index (χ4n) is 3.30. The number of nitrogens with zero attached hydrogens (tertiary/aromatic N) is 1. The summed E-state index contributed by atoms with van der Waals surface area (Å²) in [6, 6.07) is 17.7. The highest BCUT2D eigenvalue weighted by Crippen LogP contribution is 2.25. The summed E-state index contributed by atoms with van der Waals surface area (Å²) in [6.07, 6.45) is 5.75. The molecule has 0 saturated heterocycles. The summed E-state index contributed by atoms with van der Waals surface area (Å²) in [5, 5.41) is 3.30. The molecule has 0 fully saturated rings. The molecular formula is C25H28N2O2S. The molecule has 0 aliphatic rings. The van der Waals surface area contributed by atoms with Crippen LogP contribution in [0.15, 0.2) is 54.6 Å². The summed E-state index contributed by atoms with van der Waals surface area (Å²) in [6.45, 7) is 4.00. The van der Waals surface area contributed by atoms with Crippen molar-refractivity contribution in [1.29, 1.82) is 0 Å². The van der Waals surface area contributed by atoms with Crippen LogP contribution in [-0.2, 0) is 12.8 Å². The molecule has 0 aliphatic heterocycles. The zero-order valence-electron chi connectivity index (χ0n) is 17.6. The van der Waals surface area contributed by atoms with E-state index in [2.05, 4.69) is 17.2 Å². The molecule has 1 heterocycles. The second-order valence-corrected chi connectivity index (χ2v) is 8.45. The third-order valence-corrected chi connectivity index (χ3v) is 6.15. The van der Waals surface area contributed by atoms with E-state index < -0.39 is 0 Å². The maximum absolute atomic E-state index is 12.6. The lowest BCUT2D eigenvalue weighted by Crippen LogP contribution is -2.11. The number of amides is 1. The van der Waals surface area contributed by atoms with E-state index in [1.165, 1.54) is 36.2 Å². The molecule has 30 heavy (non-hydrogen) atoms. The maximum atomic E-state index is 12.6. The van der Waals surface area contributed by atoms with E-state index >= 15 is 0 Å². The number of Topliss-reactive ketones (excluding diaryl/α,β-unsaturated/α-hetero) is 1. The minimum Gasteiger partial charge on any atom is -0.298 e. The van der Waals surface area contributed by atoms with Gasteiger partial charge < -0.3 is 0 Å². The van der Waals surface area contributed by atoms with Gasteiger partial charge in [0.15, 0.2) is 10.9 Å². The van der Waals surface area contributed by atoms with Crippen molar-refractivity contribution in [2.45, 2.75) is 52.4 Å². The number of benzene rings is 2. The number of hydrogen-bond acceptors (Lipinski definition) is 4. The third-order valence-electron chi connectivity index (χ3n) is 5.04. The Morgan fingerprint density at radius 1 is 0.933 bits per heavy atom. The van der Waals surface area contributed by atoms with Gasteiger partial charge in [0.05, 0.1) is 10.6 Å². The molecule has 0 aliphatic carbocycles. The summed E-state index contributed by atoms with van der Waals surface area (Å²) in [5.74, 6) is -0.141. The van der Waals surface area contributed by atoms with E-state index in [0.29, 0.717) is 34.1 Å². The van der Waals surface area contributed by atoms with Gasteiger partial charge in [-0.15, -0.1) is 0 Å². The highest BCUT2D eigenvalue weighted by molar-refractivity contribution is 7.17. The number of thiazole rings is 1. The van der Waals surface area contributed by atoms with Gasteiger partial charge in [-0.3, -0.25) is 14.9 Å². The molecule has 4 nitrogen and oxygen atoms in total. The summed E-state index contributed by atoms with van der Waals surface area (Å²) >= 11 is 1.25. The quantitative estimate of drug-likeness (QED) is 0.311. The Bertz CT molecular complexity index is 978. The molecule has 1 amide bonds. The Hall–Kier alpha value is -2.79. The second kappa shape index (κ2) is 10.8. The van der Waals surface area contributed by atoms with Crippen LogP contribution >= 0.6 is 11.3 Å². The second-order valence-electron chi connectivity index (χ2n) is 7.45. The van der Waals surface area contributed by atoms with Gasteiger partial charge in [-0.1, -0.05) is 73.6 Å². The molecule has 0 atom stereocenters. The van der Waals surface area contributed by atoms with E-state index in [9.17, 15) is 9.59 Å². The topological polar surface area (TPSA) is 59.1 Å². The van der Waals surface area contributed by atoms with Crippen molar-refractivity contribution in [3.8, 4) is 0 Å². The zero-order valence-corrected chi connectivity index (χ0v) is 18.4. The highest BCUT2D eigenvalue weighted by Gasteiger charge is 2.17. The summed E-state index contributed by atoms with van der Waals surface area (Å²) in [7, 11) is 0. The molecule has 5 heteroatoms. The molecule has 156 valence electrons. The van der Waals surface area contributed by atoms with Gasteiger partial charge >= 0.3 is 0 Å². The van der Waals surface area contributed by atoms with E-state index in [1.807, 2.05) is 61.5 Å². The minimum absolute atomic E-state index is 0.0609. The lowest BCUT2D eigenvalue weighted by atomic mass is 10.1. The number of hydrogen-bond donors (Lipinski definition) is 1. The fourth-order valence-corrected chi connectivity index (χ4v) is 4.22. The fraction of sp³-hybridized carbons (Fsp3) is 0.320. The SMILES string of the molecule is CCCCCc1ccc(C(=O)Nc2nc(C)c(C(=O)CCc3ccccc3)s2)cc1. The predicted octanol–water partition coefficient (Wildman–Crippen LogP) is 6.25. The van der Waals surface area contributed by atoms with Gasteiger partial charge in [0.1, 0.15) is 0 Å². The van der Waals surface area contributed by atoms with Crippen LogP contribution in [0, 0.1) is 6.92 Å². The average Bonchev–Trinajstić information content (AvgIpc) is 3.13. The Kier molecular flexibility index (Phi) is 7.91. The van der Waals surface area contributed by atoms with Crippen LogP contribution < -0.4 is 5.32 Å². The van der Waals surface area contributed by atoms with Crippen molar-refractivity contribution >= 4 is 28.2 Å². The average molecular weight is 421 g/mol. The number of anilines is 1. The summed E-state index contributed by atoms with van der Waals surface area (Å²) in [4.78, 5) is 30.2. The first kappa shape index (κ1) is 21.9. The maximum Gasteiger partial charge on any atom is 0.257 e. The molecular weight excluding hydrogens is 392 g/mol. The number of aryl methyl sites for hydroxylation is 3. The first-order valence-corrected chi connectivity index (χ1v) is 11.3. The molecule has 0 spiro atoms. The van der Waals surface area contributed by atoms with Gasteiger partial charge in [0.2, 0.25) is 0 Å². The van der Waals surface area contributed by atoms with Crippen LogP contribution in [0.4, 0.5) is 5.13 Å². The number of nitrogens with one attached hydrogen (secondary N) is 1. The zero-order chi connectivity index (χ0) is 21.3. The Labute approximate surface area is 182 Å². The molecule has 3 rings (SSSR count). The van der Waals surface area contributed by atoms with Crippen LogP contribution in [0.25, 0.3) is 0 Å². The van der Waals surface area contributed by atoms with Crippen LogP contribution in [0.3, 0.4) is 0 Å². The van der Waals surface area contributed by atoms with E-state index in [-0.39, 0.29) is 11.7 Å². The summed E-state index contributed by atoms with van der Waals surface area (Å²) < 4.78 is 0. The molecule has 1 N–H and O–H groups in total. The number of carbonyl (C=O) groups is 2. The van der Waals surface area contributed by atoms with Crippen LogP contribution in [0.5, 0.6) is 0 Å². The first-order chi connectivity index (χ1) is 14.6. The van der Waals surface area contributed by atoms with Gasteiger partial charge in [-0.25, -0.2) is 4.98 Å². The van der Waals surface area contributed by atoms with Gasteiger partial charge in [0.25, 0.3) is 5.91 Å². The Morgan fingerprint density at radius 3 is 2.33 bits per heavy atom.